The van der Waals surface area contributed by atoms with Gasteiger partial charge in [0.15, 0.2) is 6.17 Å². The van der Waals surface area contributed by atoms with Crippen LogP contribution in [-0.2, 0) is 0 Å². The van der Waals surface area contributed by atoms with Crippen LogP contribution in [0.25, 0.3) is 0 Å². The van der Waals surface area contributed by atoms with Gasteiger partial charge in [-0.2, -0.15) is 10.4 Å². The smallest absolute Gasteiger partial charge is 0.243 e. The Morgan fingerprint density at radius 1 is 1.35 bits per heavy atom. The third kappa shape index (κ3) is 2.06. The fourth-order valence-electron chi connectivity index (χ4n) is 3.17. The van der Waals surface area contributed by atoms with Gasteiger partial charge in [-0.3, -0.25) is 5.01 Å². The topological polar surface area (TPSA) is 69.2 Å². The van der Waals surface area contributed by atoms with E-state index in [4.69, 9.17) is 5.26 Å². The van der Waals surface area contributed by atoms with Crippen molar-refractivity contribution in [1.29, 1.82) is 5.26 Å². The van der Waals surface area contributed by atoms with Crippen molar-refractivity contribution in [1.82, 2.24) is 20.1 Å². The predicted molar refractivity (Wildman–Crippen MR) is 82.0 cm³/mol. The Morgan fingerprint density at radius 3 is 2.83 bits per heavy atom. The van der Waals surface area contributed by atoms with Gasteiger partial charge in [-0.1, -0.05) is 30.3 Å². The lowest BCUT2D eigenvalue weighted by molar-refractivity contribution is 0.180. The molecule has 1 aromatic heterocycles. The molecule has 0 saturated carbocycles. The van der Waals surface area contributed by atoms with Crippen molar-refractivity contribution in [3.8, 4) is 6.07 Å². The summed E-state index contributed by atoms with van der Waals surface area (Å²) >= 11 is 0. The van der Waals surface area contributed by atoms with E-state index >= 15 is 0 Å². The molecule has 0 aliphatic carbocycles. The largest absolute Gasteiger partial charge is 0.329 e. The highest BCUT2D eigenvalue weighted by Gasteiger charge is 2.46. The standard InChI is InChI=1S/C16H15FN6/c1-10-12(8-18)9-19-22(10)16-20-15-13(17)7-14(23(15)21-16)11-5-3-2-4-6-11/h2-6,9,13-15H,7H2,1H3,(H,20,21)/t13-,14-,15?/m0/s1. The molecular weight excluding hydrogens is 295 g/mol. The van der Waals surface area contributed by atoms with E-state index in [0.29, 0.717) is 23.6 Å². The summed E-state index contributed by atoms with van der Waals surface area (Å²) in [6, 6.07) is 11.8. The molecule has 0 spiro atoms. The highest BCUT2D eigenvalue weighted by Crippen LogP contribution is 2.39. The predicted octanol–water partition coefficient (Wildman–Crippen LogP) is 1.90. The van der Waals surface area contributed by atoms with Gasteiger partial charge < -0.3 is 5.32 Å². The Bertz CT molecular complexity index is 806. The van der Waals surface area contributed by atoms with Crippen LogP contribution in [0.5, 0.6) is 0 Å². The molecule has 7 heteroatoms. The number of nitriles is 1. The summed E-state index contributed by atoms with van der Waals surface area (Å²) in [5, 5.41) is 22.6. The van der Waals surface area contributed by atoms with Gasteiger partial charge in [-0.15, -0.1) is 5.10 Å². The first-order chi connectivity index (χ1) is 11.2. The van der Waals surface area contributed by atoms with Crippen LogP contribution in [0, 0.1) is 18.3 Å². The average molecular weight is 310 g/mol. The van der Waals surface area contributed by atoms with E-state index in [2.05, 4.69) is 21.6 Å². The molecule has 0 amide bonds. The summed E-state index contributed by atoms with van der Waals surface area (Å²) in [6.45, 7) is 1.79. The molecule has 2 aromatic rings. The molecule has 116 valence electrons. The first-order valence-corrected chi connectivity index (χ1v) is 7.46. The number of hydrazone groups is 1. The number of nitrogens with one attached hydrogen (secondary N) is 1. The first kappa shape index (κ1) is 13.8. The van der Waals surface area contributed by atoms with Crippen LogP contribution < -0.4 is 5.32 Å². The number of alkyl halides is 1. The Labute approximate surface area is 132 Å². The minimum absolute atomic E-state index is 0.104. The molecule has 2 aliphatic rings. The van der Waals surface area contributed by atoms with E-state index in [1.807, 2.05) is 30.3 Å². The number of nitrogens with zero attached hydrogens (tertiary/aromatic N) is 5. The van der Waals surface area contributed by atoms with E-state index in [1.54, 1.807) is 16.6 Å². The van der Waals surface area contributed by atoms with Crippen LogP contribution in [0.4, 0.5) is 4.39 Å². The number of aromatic nitrogens is 2. The second-order valence-electron chi connectivity index (χ2n) is 5.74. The molecular formula is C16H15FN6. The summed E-state index contributed by atoms with van der Waals surface area (Å²) < 4.78 is 16.0. The lowest BCUT2D eigenvalue weighted by Crippen LogP contribution is -2.41. The maximum absolute atomic E-state index is 14.4. The number of rotatable bonds is 1. The van der Waals surface area contributed by atoms with Crippen molar-refractivity contribution in [2.45, 2.75) is 31.7 Å². The van der Waals surface area contributed by atoms with E-state index in [1.165, 1.54) is 6.20 Å². The third-order valence-corrected chi connectivity index (χ3v) is 4.40. The summed E-state index contributed by atoms with van der Waals surface area (Å²) in [5.74, 6) is 0.456. The second kappa shape index (κ2) is 5.09. The maximum atomic E-state index is 14.4. The summed E-state index contributed by atoms with van der Waals surface area (Å²) in [5.41, 5.74) is 2.21. The highest BCUT2D eigenvalue weighted by molar-refractivity contribution is 5.84. The van der Waals surface area contributed by atoms with Gasteiger partial charge in [0.2, 0.25) is 5.96 Å². The molecule has 3 atom stereocenters. The SMILES string of the molecule is Cc1c(C#N)cnn1C1=NN2C(N1)[C@@H](F)C[C@H]2c1ccccc1. The fraction of sp³-hybridized carbons (Fsp3) is 0.312. The minimum Gasteiger partial charge on any atom is -0.329 e. The molecule has 0 bridgehead atoms. The van der Waals surface area contributed by atoms with E-state index in [9.17, 15) is 4.39 Å². The Kier molecular flexibility index (Phi) is 3.05. The van der Waals surface area contributed by atoms with E-state index in [0.717, 1.165) is 5.56 Å². The summed E-state index contributed by atoms with van der Waals surface area (Å²) in [6.07, 6.45) is 0.377. The molecule has 1 fully saturated rings. The second-order valence-corrected chi connectivity index (χ2v) is 5.74. The molecule has 1 aromatic carbocycles. The summed E-state index contributed by atoms with van der Waals surface area (Å²) in [4.78, 5) is 0. The van der Waals surface area contributed by atoms with Gasteiger partial charge in [0.1, 0.15) is 12.2 Å². The number of benzene rings is 1. The molecule has 1 unspecified atom stereocenters. The van der Waals surface area contributed by atoms with Crippen molar-refractivity contribution in [2.24, 2.45) is 5.10 Å². The lowest BCUT2D eigenvalue weighted by atomic mass is 10.1. The van der Waals surface area contributed by atoms with Crippen molar-refractivity contribution < 1.29 is 4.39 Å². The summed E-state index contributed by atoms with van der Waals surface area (Å²) in [7, 11) is 0. The number of halogens is 1. The normalized spacial score (nSPS) is 25.7. The quantitative estimate of drug-likeness (QED) is 0.873. The van der Waals surface area contributed by atoms with Gasteiger partial charge in [0, 0.05) is 6.42 Å². The van der Waals surface area contributed by atoms with Gasteiger partial charge >= 0.3 is 0 Å². The van der Waals surface area contributed by atoms with Crippen LogP contribution in [0.2, 0.25) is 0 Å². The molecule has 0 radical (unpaired) electrons. The van der Waals surface area contributed by atoms with Gasteiger partial charge in [-0.25, -0.2) is 9.07 Å². The van der Waals surface area contributed by atoms with Gasteiger partial charge in [0.05, 0.1) is 23.5 Å². The van der Waals surface area contributed by atoms with Gasteiger partial charge in [-0.05, 0) is 12.5 Å². The van der Waals surface area contributed by atoms with Crippen LogP contribution >= 0.6 is 0 Å². The van der Waals surface area contributed by atoms with Crippen LogP contribution in [0.3, 0.4) is 0 Å². The molecule has 3 heterocycles. The van der Waals surface area contributed by atoms with Crippen molar-refractivity contribution in [3.05, 3.63) is 53.3 Å². The zero-order valence-corrected chi connectivity index (χ0v) is 12.5. The van der Waals surface area contributed by atoms with Crippen molar-refractivity contribution >= 4 is 5.96 Å². The van der Waals surface area contributed by atoms with E-state index in [-0.39, 0.29) is 6.04 Å². The fourth-order valence-corrected chi connectivity index (χ4v) is 3.17. The number of hydrogen-bond acceptors (Lipinski definition) is 5. The molecule has 4 rings (SSSR count). The molecule has 2 aliphatic heterocycles. The molecule has 23 heavy (non-hydrogen) atoms. The maximum Gasteiger partial charge on any atom is 0.243 e. The lowest BCUT2D eigenvalue weighted by Gasteiger charge is -2.21. The first-order valence-electron chi connectivity index (χ1n) is 7.46. The number of fused-ring (bicyclic) bond motifs is 1. The van der Waals surface area contributed by atoms with Crippen LogP contribution in [0.1, 0.15) is 29.3 Å². The van der Waals surface area contributed by atoms with Crippen molar-refractivity contribution in [2.75, 3.05) is 0 Å². The highest BCUT2D eigenvalue weighted by atomic mass is 19.1. The Morgan fingerprint density at radius 2 is 2.13 bits per heavy atom. The average Bonchev–Trinajstić information content (AvgIpc) is 3.23. The van der Waals surface area contributed by atoms with Crippen molar-refractivity contribution in [3.63, 3.8) is 0 Å². The molecule has 1 saturated heterocycles. The molecule has 1 N–H and O–H groups in total. The van der Waals surface area contributed by atoms with E-state index < -0.39 is 12.3 Å². The third-order valence-electron chi connectivity index (χ3n) is 4.40. The zero-order chi connectivity index (χ0) is 16.0. The zero-order valence-electron chi connectivity index (χ0n) is 12.5. The number of hydrogen-bond donors (Lipinski definition) is 1. The van der Waals surface area contributed by atoms with Crippen LogP contribution in [0.15, 0.2) is 41.6 Å². The Hall–Kier alpha value is -2.88. The van der Waals surface area contributed by atoms with Crippen LogP contribution in [-0.4, -0.2) is 33.1 Å². The minimum atomic E-state index is -1.02. The monoisotopic (exact) mass is 310 g/mol. The van der Waals surface area contributed by atoms with Gasteiger partial charge in [0.25, 0.3) is 0 Å². The molecule has 6 nitrogen and oxygen atoms in total. The Balaban J connectivity index is 1.69.